The predicted molar refractivity (Wildman–Crippen MR) is 345 cm³/mol. The summed E-state index contributed by atoms with van der Waals surface area (Å²) >= 11 is 0. The van der Waals surface area contributed by atoms with Crippen LogP contribution >= 0.6 is 0 Å². The molecule has 0 saturated heterocycles. The minimum absolute atomic E-state index is 0.0235. The molecule has 4 aliphatic rings. The van der Waals surface area contributed by atoms with Crippen LogP contribution in [-0.2, 0) is 32.5 Å². The van der Waals surface area contributed by atoms with Gasteiger partial charge >= 0.3 is 0 Å². The first-order valence-corrected chi connectivity index (χ1v) is 29.3. The van der Waals surface area contributed by atoms with E-state index < -0.39 is 0 Å². The second kappa shape index (κ2) is 17.5. The Balaban J connectivity index is 1.11. The van der Waals surface area contributed by atoms with E-state index in [1.807, 2.05) is 0 Å². The number of nitrogens with zero attached hydrogens (tertiary/aromatic N) is 3. The van der Waals surface area contributed by atoms with Crippen molar-refractivity contribution >= 4 is 74.3 Å². The molecule has 0 amide bonds. The van der Waals surface area contributed by atoms with Crippen molar-refractivity contribution in [3.8, 4) is 22.3 Å². The van der Waals surface area contributed by atoms with Crippen LogP contribution in [0.15, 0.2) is 182 Å². The minimum atomic E-state index is -0.188. The molecule has 2 heterocycles. The molecule has 0 spiro atoms. The van der Waals surface area contributed by atoms with E-state index in [2.05, 4.69) is 307 Å². The zero-order valence-electron chi connectivity index (χ0n) is 50.2. The average Bonchev–Trinajstić information content (AvgIpc) is 3.68. The summed E-state index contributed by atoms with van der Waals surface area (Å²) in [5, 5.41) is 0. The normalized spacial score (nSPS) is 15.4. The van der Waals surface area contributed by atoms with Crippen molar-refractivity contribution in [1.82, 2.24) is 0 Å². The number of benzene rings is 9. The second-order valence-electron chi connectivity index (χ2n) is 28.8. The Morgan fingerprint density at radius 1 is 0.325 bits per heavy atom. The highest BCUT2D eigenvalue weighted by molar-refractivity contribution is 7.00. The van der Waals surface area contributed by atoms with Gasteiger partial charge in [0.05, 0.1) is 0 Å². The summed E-state index contributed by atoms with van der Waals surface area (Å²) in [7, 11) is 0. The molecule has 0 saturated carbocycles. The lowest BCUT2D eigenvalue weighted by Crippen LogP contribution is -2.61. The van der Waals surface area contributed by atoms with Gasteiger partial charge in [0.25, 0.3) is 6.71 Å². The van der Waals surface area contributed by atoms with Gasteiger partial charge in [0, 0.05) is 62.0 Å². The summed E-state index contributed by atoms with van der Waals surface area (Å²) in [5.41, 5.74) is 30.2. The largest absolute Gasteiger partial charge is 0.311 e. The molecular weight excluding hydrogens is 966 g/mol. The first-order valence-electron chi connectivity index (χ1n) is 29.3. The number of hydrogen-bond acceptors (Lipinski definition) is 3. The van der Waals surface area contributed by atoms with Crippen LogP contribution in [0.2, 0.25) is 0 Å². The maximum absolute atomic E-state index is 2.66. The van der Waals surface area contributed by atoms with E-state index in [0.717, 1.165) is 17.1 Å². The first-order chi connectivity index (χ1) is 37.7. The van der Waals surface area contributed by atoms with Crippen molar-refractivity contribution in [2.75, 3.05) is 14.7 Å². The standard InChI is InChI=1S/C76H78BN3/c1-71(2,3)47-25-30-51(31-26-47)78(52-32-27-48(28-33-52)72(4,5)6)55-36-39-64-67(46-55)80(54-35-38-59-57-22-18-20-24-61(57)76(15,16)63(59)45-54)69-43-50(74(10,11)12)42-68-70(69)77(64)65-41-49(73(7,8)9)29-40-66(65)79(68)53-34-37-58-56-21-17-19-23-60(56)75(13,14)62(58)44-53/h17-46H,1-16H3. The van der Waals surface area contributed by atoms with Gasteiger partial charge < -0.3 is 14.7 Å². The van der Waals surface area contributed by atoms with Crippen LogP contribution in [0.25, 0.3) is 22.3 Å². The maximum Gasteiger partial charge on any atom is 0.252 e. The highest BCUT2D eigenvalue weighted by atomic mass is 15.2. The van der Waals surface area contributed by atoms with Gasteiger partial charge in [-0.3, -0.25) is 0 Å². The van der Waals surface area contributed by atoms with Crippen molar-refractivity contribution in [2.45, 2.75) is 143 Å². The summed E-state index contributed by atoms with van der Waals surface area (Å²) < 4.78 is 0. The lowest BCUT2D eigenvalue weighted by atomic mass is 9.33. The van der Waals surface area contributed by atoms with E-state index in [1.165, 1.54) is 117 Å². The molecule has 0 atom stereocenters. The number of anilines is 9. The van der Waals surface area contributed by atoms with Crippen molar-refractivity contribution in [3.05, 3.63) is 226 Å². The van der Waals surface area contributed by atoms with E-state index in [4.69, 9.17) is 0 Å². The summed E-state index contributed by atoms with van der Waals surface area (Å²) in [4.78, 5) is 7.77. The number of fused-ring (bicyclic) bond motifs is 10. The first kappa shape index (κ1) is 51.9. The van der Waals surface area contributed by atoms with Gasteiger partial charge in [0.1, 0.15) is 0 Å². The van der Waals surface area contributed by atoms with Crippen molar-refractivity contribution in [2.24, 2.45) is 0 Å². The van der Waals surface area contributed by atoms with Crippen LogP contribution in [0, 0.1) is 0 Å². The fourth-order valence-corrected chi connectivity index (χ4v) is 13.9. The highest BCUT2D eigenvalue weighted by Crippen LogP contribution is 2.55. The molecule has 13 rings (SSSR count). The molecule has 400 valence electrons. The molecule has 4 heteroatoms. The van der Waals surface area contributed by atoms with Gasteiger partial charge in [-0.1, -0.05) is 214 Å². The van der Waals surface area contributed by atoms with Crippen LogP contribution in [0.5, 0.6) is 0 Å². The number of rotatable bonds is 5. The van der Waals surface area contributed by atoms with Crippen LogP contribution in [0.4, 0.5) is 51.2 Å². The van der Waals surface area contributed by atoms with E-state index in [1.54, 1.807) is 0 Å². The Hall–Kier alpha value is -7.56. The molecule has 0 radical (unpaired) electrons. The van der Waals surface area contributed by atoms with E-state index in [0.29, 0.717) is 0 Å². The molecule has 0 unspecified atom stereocenters. The van der Waals surface area contributed by atoms with Crippen LogP contribution in [0.3, 0.4) is 0 Å². The SMILES string of the molecule is CC(C)(C)c1ccc(N(c2ccc(C(C)(C)C)cc2)c2ccc3c(c2)N(c2ccc4c(c2)C(C)(C)c2ccccc2-4)c2cc(C(C)(C)C)cc4c2B3c2cc(C(C)(C)C)ccc2N4c2ccc3c(c2)C(C)(C)c2ccccc2-3)cc1. The van der Waals surface area contributed by atoms with Crippen LogP contribution in [-0.4, -0.2) is 6.71 Å². The van der Waals surface area contributed by atoms with E-state index in [9.17, 15) is 0 Å². The zero-order chi connectivity index (χ0) is 56.4. The Bertz CT molecular complexity index is 3940. The Kier molecular flexibility index (Phi) is 11.3. The third-order valence-electron chi connectivity index (χ3n) is 18.7. The molecule has 0 fully saturated rings. The molecule has 2 aliphatic carbocycles. The topological polar surface area (TPSA) is 9.72 Å². The van der Waals surface area contributed by atoms with Gasteiger partial charge in [-0.15, -0.1) is 0 Å². The average molecular weight is 1040 g/mol. The molecule has 0 bridgehead atoms. The third kappa shape index (κ3) is 7.97. The Morgan fingerprint density at radius 3 is 1.20 bits per heavy atom. The molecular formula is C76H78BN3. The van der Waals surface area contributed by atoms with Gasteiger partial charge in [-0.2, -0.15) is 0 Å². The quantitative estimate of drug-likeness (QED) is 0.159. The maximum atomic E-state index is 2.66. The van der Waals surface area contributed by atoms with Gasteiger partial charge in [0.2, 0.25) is 0 Å². The fraction of sp³-hybridized carbons (Fsp3) is 0.289. The number of hydrogen-bond donors (Lipinski definition) is 0. The lowest BCUT2D eigenvalue weighted by Gasteiger charge is -2.46. The predicted octanol–water partition coefficient (Wildman–Crippen LogP) is 19.0. The minimum Gasteiger partial charge on any atom is -0.311 e. The molecule has 9 aromatic rings. The van der Waals surface area contributed by atoms with Gasteiger partial charge in [-0.05, 0) is 184 Å². The molecule has 0 N–H and O–H groups in total. The monoisotopic (exact) mass is 1040 g/mol. The van der Waals surface area contributed by atoms with Gasteiger partial charge in [0.15, 0.2) is 0 Å². The summed E-state index contributed by atoms with van der Waals surface area (Å²) in [6, 6.07) is 71.2. The molecule has 2 aliphatic heterocycles. The molecule has 0 aromatic heterocycles. The molecule has 3 nitrogen and oxygen atoms in total. The smallest absolute Gasteiger partial charge is 0.252 e. The highest BCUT2D eigenvalue weighted by Gasteiger charge is 2.46. The molecule has 80 heavy (non-hydrogen) atoms. The van der Waals surface area contributed by atoms with Crippen molar-refractivity contribution in [3.63, 3.8) is 0 Å². The van der Waals surface area contributed by atoms with Gasteiger partial charge in [-0.25, -0.2) is 0 Å². The third-order valence-corrected chi connectivity index (χ3v) is 18.7. The Morgan fingerprint density at radius 2 is 0.738 bits per heavy atom. The van der Waals surface area contributed by atoms with E-state index >= 15 is 0 Å². The summed E-state index contributed by atoms with van der Waals surface area (Å²) in [6.45, 7) is 37.6. The fourth-order valence-electron chi connectivity index (χ4n) is 13.9. The van der Waals surface area contributed by atoms with Crippen molar-refractivity contribution in [1.29, 1.82) is 0 Å². The van der Waals surface area contributed by atoms with E-state index in [-0.39, 0.29) is 39.2 Å². The Labute approximate surface area is 478 Å². The van der Waals surface area contributed by atoms with Crippen LogP contribution in [0.1, 0.15) is 155 Å². The molecule has 9 aromatic carbocycles. The lowest BCUT2D eigenvalue weighted by molar-refractivity contribution is 0.590. The van der Waals surface area contributed by atoms with Crippen molar-refractivity contribution < 1.29 is 0 Å². The summed E-state index contributed by atoms with van der Waals surface area (Å²) in [5.74, 6) is 0. The zero-order valence-corrected chi connectivity index (χ0v) is 50.2. The second-order valence-corrected chi connectivity index (χ2v) is 28.8. The van der Waals surface area contributed by atoms with Crippen LogP contribution < -0.4 is 31.1 Å². The summed E-state index contributed by atoms with van der Waals surface area (Å²) in [6.07, 6.45) is 0.